The molecule has 0 saturated heterocycles. The Morgan fingerprint density at radius 1 is 1.04 bits per heavy atom. The summed E-state index contributed by atoms with van der Waals surface area (Å²) in [6.45, 7) is 6.32. The minimum Gasteiger partial charge on any atom is -0.497 e. The molecule has 0 aliphatic rings. The van der Waals surface area contributed by atoms with Crippen molar-refractivity contribution in [3.63, 3.8) is 0 Å². The van der Waals surface area contributed by atoms with Crippen molar-refractivity contribution >= 4 is 11.5 Å². The Labute approximate surface area is 156 Å². The predicted molar refractivity (Wildman–Crippen MR) is 106 cm³/mol. The third kappa shape index (κ3) is 6.19. The molecule has 0 aliphatic heterocycles. The zero-order valence-electron chi connectivity index (χ0n) is 16.1. The minimum atomic E-state index is -0.500. The second-order valence-corrected chi connectivity index (χ2v) is 6.94. The van der Waals surface area contributed by atoms with Crippen LogP contribution in [0.1, 0.15) is 32.8 Å². The Hall–Kier alpha value is -2.33. The molecule has 0 fully saturated rings. The lowest BCUT2D eigenvalue weighted by Crippen LogP contribution is -2.41. The zero-order chi connectivity index (χ0) is 18.9. The lowest BCUT2D eigenvalue weighted by molar-refractivity contribution is -0.130. The van der Waals surface area contributed by atoms with Crippen LogP contribution in [0.25, 0.3) is 0 Å². The van der Waals surface area contributed by atoms with Gasteiger partial charge in [-0.05, 0) is 49.1 Å². The van der Waals surface area contributed by atoms with E-state index in [2.05, 4.69) is 19.2 Å². The van der Waals surface area contributed by atoms with Crippen LogP contribution >= 0.6 is 0 Å². The Morgan fingerprint density at radius 2 is 1.69 bits per heavy atom. The van der Waals surface area contributed by atoms with Gasteiger partial charge in [0.25, 0.3) is 0 Å². The number of benzene rings is 2. The summed E-state index contributed by atoms with van der Waals surface area (Å²) in [4.78, 5) is 12.3. The van der Waals surface area contributed by atoms with E-state index in [1.54, 1.807) is 14.0 Å². The smallest absolute Gasteiger partial charge is 0.160 e. The van der Waals surface area contributed by atoms with Gasteiger partial charge < -0.3 is 14.8 Å². The van der Waals surface area contributed by atoms with Gasteiger partial charge in [-0.1, -0.05) is 44.2 Å². The normalized spacial score (nSPS) is 13.3. The monoisotopic (exact) mass is 355 g/mol. The Bertz CT molecular complexity index is 668. The number of nitrogens with one attached hydrogen (secondary N) is 1. The molecule has 2 aromatic carbocycles. The molecule has 0 heterocycles. The van der Waals surface area contributed by atoms with Gasteiger partial charge in [0.05, 0.1) is 19.8 Å². The van der Waals surface area contributed by atoms with E-state index in [-0.39, 0.29) is 11.8 Å². The number of Topliss-reactive ketones (excluding diaryl/α,β-unsaturated/α-hetero) is 1. The number of hydrogen-bond donors (Lipinski definition) is 1. The summed E-state index contributed by atoms with van der Waals surface area (Å²) >= 11 is 0. The summed E-state index contributed by atoms with van der Waals surface area (Å²) in [7, 11) is 1.65. The zero-order valence-corrected chi connectivity index (χ0v) is 16.1. The number of methoxy groups -OCH3 is 1. The van der Waals surface area contributed by atoms with Crippen LogP contribution in [-0.2, 0) is 16.1 Å². The van der Waals surface area contributed by atoms with Crippen LogP contribution in [0.15, 0.2) is 54.6 Å². The highest BCUT2D eigenvalue weighted by molar-refractivity contribution is 5.81. The van der Waals surface area contributed by atoms with Gasteiger partial charge in [-0.15, -0.1) is 0 Å². The van der Waals surface area contributed by atoms with Crippen molar-refractivity contribution in [2.24, 2.45) is 5.92 Å². The highest BCUT2D eigenvalue weighted by atomic mass is 16.5. The lowest BCUT2D eigenvalue weighted by Gasteiger charge is -2.29. The number of ether oxygens (including phenoxy) is 2. The summed E-state index contributed by atoms with van der Waals surface area (Å²) < 4.78 is 11.2. The third-order valence-corrected chi connectivity index (χ3v) is 4.21. The molecule has 0 unspecified atom stereocenters. The van der Waals surface area contributed by atoms with E-state index in [4.69, 9.17) is 9.47 Å². The molecule has 0 aromatic heterocycles. The molecule has 0 saturated carbocycles. The van der Waals surface area contributed by atoms with Crippen LogP contribution in [0.5, 0.6) is 5.75 Å². The Kier molecular flexibility index (Phi) is 7.67. The van der Waals surface area contributed by atoms with Crippen LogP contribution in [0.2, 0.25) is 0 Å². The predicted octanol–water partition coefficient (Wildman–Crippen LogP) is 4.70. The summed E-state index contributed by atoms with van der Waals surface area (Å²) in [6.07, 6.45) is 0.338. The highest BCUT2D eigenvalue weighted by Crippen LogP contribution is 2.21. The topological polar surface area (TPSA) is 47.6 Å². The molecule has 2 aromatic rings. The number of rotatable bonds is 10. The molecule has 0 amide bonds. The van der Waals surface area contributed by atoms with Gasteiger partial charge >= 0.3 is 0 Å². The standard InChI is InChI=1S/C22H29NO3/c1-16(2)14-21(23-19-10-12-20(25-4)13-11-19)22(17(3)24)26-15-18-8-6-5-7-9-18/h5-13,16,21-23H,14-15H2,1-4H3/t21-,22+/m1/s1. The number of carbonyl (C=O) groups excluding carboxylic acids is 1. The minimum absolute atomic E-state index is 0.0348. The number of hydrogen-bond acceptors (Lipinski definition) is 4. The quantitative estimate of drug-likeness (QED) is 0.671. The summed E-state index contributed by atoms with van der Waals surface area (Å²) in [5.74, 6) is 1.28. The van der Waals surface area contributed by atoms with Crippen LogP contribution in [-0.4, -0.2) is 25.0 Å². The first-order valence-electron chi connectivity index (χ1n) is 9.06. The summed E-state index contributed by atoms with van der Waals surface area (Å²) in [5.41, 5.74) is 2.01. The molecule has 0 spiro atoms. The Morgan fingerprint density at radius 3 is 2.23 bits per heavy atom. The Balaban J connectivity index is 2.12. The number of carbonyl (C=O) groups is 1. The molecule has 0 radical (unpaired) electrons. The van der Waals surface area contributed by atoms with Crippen molar-refractivity contribution < 1.29 is 14.3 Å². The molecule has 0 bridgehead atoms. The first-order chi connectivity index (χ1) is 12.5. The molecule has 0 aliphatic carbocycles. The van der Waals surface area contributed by atoms with Crippen molar-refractivity contribution in [3.05, 3.63) is 60.2 Å². The fourth-order valence-corrected chi connectivity index (χ4v) is 2.94. The van der Waals surface area contributed by atoms with Gasteiger partial charge in [0.2, 0.25) is 0 Å². The van der Waals surface area contributed by atoms with Crippen molar-refractivity contribution in [2.45, 2.75) is 45.9 Å². The van der Waals surface area contributed by atoms with E-state index in [0.717, 1.165) is 23.4 Å². The second kappa shape index (κ2) is 9.97. The third-order valence-electron chi connectivity index (χ3n) is 4.21. The molecule has 4 heteroatoms. The first kappa shape index (κ1) is 20.0. The average Bonchev–Trinajstić information content (AvgIpc) is 2.62. The van der Waals surface area contributed by atoms with Crippen LogP contribution in [0.4, 0.5) is 5.69 Å². The molecule has 26 heavy (non-hydrogen) atoms. The maximum atomic E-state index is 12.3. The molecule has 1 N–H and O–H groups in total. The number of anilines is 1. The van der Waals surface area contributed by atoms with Gasteiger partial charge in [0, 0.05) is 5.69 Å². The fourth-order valence-electron chi connectivity index (χ4n) is 2.94. The first-order valence-corrected chi connectivity index (χ1v) is 9.06. The van der Waals surface area contributed by atoms with Crippen molar-refractivity contribution in [3.8, 4) is 5.75 Å². The maximum Gasteiger partial charge on any atom is 0.160 e. The molecule has 2 atom stereocenters. The summed E-state index contributed by atoms with van der Waals surface area (Å²) in [5, 5.41) is 3.48. The van der Waals surface area contributed by atoms with E-state index < -0.39 is 6.10 Å². The maximum absolute atomic E-state index is 12.3. The highest BCUT2D eigenvalue weighted by Gasteiger charge is 2.27. The van der Waals surface area contributed by atoms with Gasteiger partial charge in [-0.3, -0.25) is 4.79 Å². The van der Waals surface area contributed by atoms with Crippen LogP contribution in [0, 0.1) is 5.92 Å². The molecule has 4 nitrogen and oxygen atoms in total. The van der Waals surface area contributed by atoms with Gasteiger partial charge in [-0.2, -0.15) is 0 Å². The lowest BCUT2D eigenvalue weighted by atomic mass is 9.96. The summed E-state index contributed by atoms with van der Waals surface area (Å²) in [6, 6.07) is 17.6. The van der Waals surface area contributed by atoms with Crippen molar-refractivity contribution in [1.82, 2.24) is 0 Å². The number of ketones is 1. The van der Waals surface area contributed by atoms with E-state index in [9.17, 15) is 4.79 Å². The van der Waals surface area contributed by atoms with Crippen LogP contribution < -0.4 is 10.1 Å². The van der Waals surface area contributed by atoms with Gasteiger partial charge in [0.15, 0.2) is 5.78 Å². The van der Waals surface area contributed by atoms with E-state index in [0.29, 0.717) is 12.5 Å². The van der Waals surface area contributed by atoms with Gasteiger partial charge in [-0.25, -0.2) is 0 Å². The van der Waals surface area contributed by atoms with Gasteiger partial charge in [0.1, 0.15) is 11.9 Å². The van der Waals surface area contributed by atoms with Crippen molar-refractivity contribution in [2.75, 3.05) is 12.4 Å². The average molecular weight is 355 g/mol. The van der Waals surface area contributed by atoms with E-state index >= 15 is 0 Å². The molecular weight excluding hydrogens is 326 g/mol. The van der Waals surface area contributed by atoms with Crippen molar-refractivity contribution in [1.29, 1.82) is 0 Å². The molecule has 2 rings (SSSR count). The van der Waals surface area contributed by atoms with E-state index in [1.165, 1.54) is 0 Å². The molecular formula is C22H29NO3. The molecule has 140 valence electrons. The van der Waals surface area contributed by atoms with Crippen LogP contribution in [0.3, 0.4) is 0 Å². The fraction of sp³-hybridized carbons (Fsp3) is 0.409. The second-order valence-electron chi connectivity index (χ2n) is 6.94. The largest absolute Gasteiger partial charge is 0.497 e. The SMILES string of the molecule is COc1ccc(N[C@H](CC(C)C)[C@@H](OCc2ccccc2)C(C)=O)cc1. The van der Waals surface area contributed by atoms with E-state index in [1.807, 2.05) is 54.6 Å².